The number of hydrogen-bond acceptors (Lipinski definition) is 5. The zero-order valence-corrected chi connectivity index (χ0v) is 10.5. The van der Waals surface area contributed by atoms with Crippen molar-refractivity contribution in [3.8, 4) is 11.5 Å². The molecule has 0 atom stereocenters. The SMILES string of the molecule is Oc1ccc(CN=Nc2ccc(C(F)(F)F)cn2)cc1O. The molecule has 0 radical (unpaired) electrons. The normalized spacial score (nSPS) is 12.0. The van der Waals surface area contributed by atoms with Gasteiger partial charge in [0.05, 0.1) is 12.1 Å². The Morgan fingerprint density at radius 2 is 1.81 bits per heavy atom. The molecule has 8 heteroatoms. The number of azo groups is 1. The minimum atomic E-state index is -4.44. The van der Waals surface area contributed by atoms with E-state index >= 15 is 0 Å². The number of rotatable bonds is 3. The Morgan fingerprint density at radius 3 is 2.38 bits per heavy atom. The van der Waals surface area contributed by atoms with Crippen LogP contribution in [0.2, 0.25) is 0 Å². The van der Waals surface area contributed by atoms with Crippen molar-refractivity contribution in [3.63, 3.8) is 0 Å². The van der Waals surface area contributed by atoms with E-state index in [2.05, 4.69) is 15.2 Å². The Hall–Kier alpha value is -2.64. The fraction of sp³-hybridized carbons (Fsp3) is 0.154. The maximum Gasteiger partial charge on any atom is 0.417 e. The number of nitrogens with zero attached hydrogens (tertiary/aromatic N) is 3. The number of aromatic nitrogens is 1. The van der Waals surface area contributed by atoms with Gasteiger partial charge in [0.15, 0.2) is 17.3 Å². The van der Waals surface area contributed by atoms with E-state index in [1.165, 1.54) is 18.2 Å². The fourth-order valence-corrected chi connectivity index (χ4v) is 1.47. The van der Waals surface area contributed by atoms with Gasteiger partial charge in [0, 0.05) is 6.20 Å². The maximum atomic E-state index is 12.3. The van der Waals surface area contributed by atoms with E-state index < -0.39 is 11.7 Å². The highest BCUT2D eigenvalue weighted by Crippen LogP contribution is 2.29. The summed E-state index contributed by atoms with van der Waals surface area (Å²) < 4.78 is 37.0. The van der Waals surface area contributed by atoms with Gasteiger partial charge in [-0.25, -0.2) is 4.98 Å². The highest BCUT2D eigenvalue weighted by Gasteiger charge is 2.30. The Labute approximate surface area is 117 Å². The lowest BCUT2D eigenvalue weighted by Gasteiger charge is -2.04. The van der Waals surface area contributed by atoms with E-state index in [1.54, 1.807) is 0 Å². The van der Waals surface area contributed by atoms with E-state index in [-0.39, 0.29) is 23.9 Å². The molecule has 0 fully saturated rings. The summed E-state index contributed by atoms with van der Waals surface area (Å²) >= 11 is 0. The summed E-state index contributed by atoms with van der Waals surface area (Å²) in [4.78, 5) is 3.54. The number of pyridine rings is 1. The highest BCUT2D eigenvalue weighted by atomic mass is 19.4. The van der Waals surface area contributed by atoms with Gasteiger partial charge in [-0.1, -0.05) is 6.07 Å². The lowest BCUT2D eigenvalue weighted by molar-refractivity contribution is -0.137. The van der Waals surface area contributed by atoms with Crippen LogP contribution in [0.15, 0.2) is 46.8 Å². The first kappa shape index (κ1) is 14.8. The van der Waals surface area contributed by atoms with Crippen molar-refractivity contribution in [1.82, 2.24) is 4.98 Å². The van der Waals surface area contributed by atoms with Crippen LogP contribution in [-0.4, -0.2) is 15.2 Å². The van der Waals surface area contributed by atoms with Gasteiger partial charge in [-0.05, 0) is 29.8 Å². The fourth-order valence-electron chi connectivity index (χ4n) is 1.47. The average molecular weight is 297 g/mol. The Bertz CT molecular complexity index is 655. The van der Waals surface area contributed by atoms with Crippen LogP contribution < -0.4 is 0 Å². The van der Waals surface area contributed by atoms with E-state index in [0.717, 1.165) is 12.1 Å². The molecule has 0 aliphatic rings. The van der Waals surface area contributed by atoms with Gasteiger partial charge in [-0.2, -0.15) is 18.3 Å². The maximum absolute atomic E-state index is 12.3. The third kappa shape index (κ3) is 3.91. The molecule has 21 heavy (non-hydrogen) atoms. The minimum absolute atomic E-state index is 0.0472. The van der Waals surface area contributed by atoms with Crippen LogP contribution in [0.5, 0.6) is 11.5 Å². The number of halogens is 3. The van der Waals surface area contributed by atoms with Crippen LogP contribution in [-0.2, 0) is 12.7 Å². The van der Waals surface area contributed by atoms with Crippen LogP contribution in [0, 0.1) is 0 Å². The average Bonchev–Trinajstić information content (AvgIpc) is 2.42. The lowest BCUT2D eigenvalue weighted by Crippen LogP contribution is -2.04. The first-order valence-electron chi connectivity index (χ1n) is 5.78. The standard InChI is InChI=1S/C13H10F3N3O2/c14-13(15,16)9-2-4-12(17-7-9)19-18-6-8-1-3-10(20)11(21)5-8/h1-5,7,20-21H,6H2. The molecule has 0 bridgehead atoms. The van der Waals surface area contributed by atoms with Gasteiger partial charge < -0.3 is 10.2 Å². The summed E-state index contributed by atoms with van der Waals surface area (Å²) in [5.41, 5.74) is -0.272. The molecular weight excluding hydrogens is 287 g/mol. The quantitative estimate of drug-likeness (QED) is 0.668. The Morgan fingerprint density at radius 1 is 1.05 bits per heavy atom. The molecule has 2 rings (SSSR count). The molecule has 1 heterocycles. The van der Waals surface area contributed by atoms with Gasteiger partial charge in [-0.3, -0.25) is 0 Å². The summed E-state index contributed by atoms with van der Waals surface area (Å²) in [6, 6.07) is 6.13. The molecule has 1 aromatic heterocycles. The van der Waals surface area contributed by atoms with Crippen LogP contribution in [0.1, 0.15) is 11.1 Å². The van der Waals surface area contributed by atoms with Gasteiger partial charge in [0.25, 0.3) is 0 Å². The first-order chi connectivity index (χ1) is 9.86. The monoisotopic (exact) mass is 297 g/mol. The molecule has 0 aliphatic heterocycles. The summed E-state index contributed by atoms with van der Waals surface area (Å²) in [5.74, 6) is -0.485. The molecule has 0 aliphatic carbocycles. The van der Waals surface area contributed by atoms with E-state index in [9.17, 15) is 18.3 Å². The second-order valence-corrected chi connectivity index (χ2v) is 4.13. The molecular formula is C13H10F3N3O2. The first-order valence-corrected chi connectivity index (χ1v) is 5.78. The zero-order chi connectivity index (χ0) is 15.5. The van der Waals surface area contributed by atoms with Crippen molar-refractivity contribution in [2.24, 2.45) is 10.2 Å². The smallest absolute Gasteiger partial charge is 0.417 e. The van der Waals surface area contributed by atoms with Crippen molar-refractivity contribution < 1.29 is 23.4 Å². The molecule has 1 aromatic carbocycles. The topological polar surface area (TPSA) is 78.1 Å². The largest absolute Gasteiger partial charge is 0.504 e. The van der Waals surface area contributed by atoms with Crippen molar-refractivity contribution >= 4 is 5.82 Å². The summed E-state index contributed by atoms with van der Waals surface area (Å²) in [6.07, 6.45) is -3.76. The second kappa shape index (κ2) is 5.78. The zero-order valence-electron chi connectivity index (χ0n) is 10.5. The van der Waals surface area contributed by atoms with E-state index in [1.807, 2.05) is 0 Å². The predicted molar refractivity (Wildman–Crippen MR) is 67.2 cm³/mol. The molecule has 0 amide bonds. The van der Waals surface area contributed by atoms with Crippen molar-refractivity contribution in [1.29, 1.82) is 0 Å². The molecule has 0 saturated heterocycles. The number of phenols is 2. The molecule has 5 nitrogen and oxygen atoms in total. The lowest BCUT2D eigenvalue weighted by atomic mass is 10.2. The van der Waals surface area contributed by atoms with Crippen LogP contribution in [0.25, 0.3) is 0 Å². The second-order valence-electron chi connectivity index (χ2n) is 4.13. The van der Waals surface area contributed by atoms with Gasteiger partial charge in [0.1, 0.15) is 0 Å². The number of alkyl halides is 3. The molecule has 0 spiro atoms. The van der Waals surface area contributed by atoms with Crippen molar-refractivity contribution in [2.75, 3.05) is 0 Å². The third-order valence-electron chi connectivity index (χ3n) is 2.54. The summed E-state index contributed by atoms with van der Waals surface area (Å²) in [7, 11) is 0. The number of hydrogen-bond donors (Lipinski definition) is 2. The summed E-state index contributed by atoms with van der Waals surface area (Å²) in [6.45, 7) is 0.0938. The van der Waals surface area contributed by atoms with Crippen LogP contribution in [0.4, 0.5) is 19.0 Å². The Kier molecular flexibility index (Phi) is 4.06. The molecule has 0 unspecified atom stereocenters. The molecule has 2 N–H and O–H groups in total. The van der Waals surface area contributed by atoms with Crippen molar-refractivity contribution in [3.05, 3.63) is 47.7 Å². The third-order valence-corrected chi connectivity index (χ3v) is 2.54. The van der Waals surface area contributed by atoms with Crippen LogP contribution >= 0.6 is 0 Å². The molecule has 0 saturated carbocycles. The number of aromatic hydroxyl groups is 2. The highest BCUT2D eigenvalue weighted by molar-refractivity contribution is 5.40. The van der Waals surface area contributed by atoms with E-state index in [0.29, 0.717) is 11.8 Å². The predicted octanol–water partition coefficient (Wildman–Crippen LogP) is 3.80. The van der Waals surface area contributed by atoms with Gasteiger partial charge in [0.2, 0.25) is 0 Å². The van der Waals surface area contributed by atoms with Gasteiger partial charge >= 0.3 is 6.18 Å². The molecule has 2 aromatic rings. The minimum Gasteiger partial charge on any atom is -0.504 e. The van der Waals surface area contributed by atoms with Crippen molar-refractivity contribution in [2.45, 2.75) is 12.7 Å². The Balaban J connectivity index is 2.02. The number of phenolic OH excluding ortho intramolecular Hbond substituents is 2. The van der Waals surface area contributed by atoms with Gasteiger partial charge in [-0.15, -0.1) is 5.11 Å². The summed E-state index contributed by atoms with van der Waals surface area (Å²) in [5, 5.41) is 25.9. The van der Waals surface area contributed by atoms with E-state index in [4.69, 9.17) is 5.11 Å². The van der Waals surface area contributed by atoms with Crippen LogP contribution in [0.3, 0.4) is 0 Å². The number of benzene rings is 1. The molecule has 110 valence electrons.